The Morgan fingerprint density at radius 3 is 2.56 bits per heavy atom. The van der Waals surface area contributed by atoms with Gasteiger partial charge in [-0.15, -0.1) is 11.3 Å². The molecule has 0 aliphatic carbocycles. The molecule has 1 aromatic heterocycles. The van der Waals surface area contributed by atoms with E-state index >= 15 is 0 Å². The van der Waals surface area contributed by atoms with E-state index in [4.69, 9.17) is 0 Å². The standard InChI is InChI=1S/C22H25N3OS/c1-17(26)23-22-16-19-20(8-5-9-21(19)27-22)25-14-12-24(13-15-25)11-10-18-6-3-2-4-7-18/h2-9,16H,10-15H2,1H3,(H,23,26). The minimum absolute atomic E-state index is 0.0184. The van der Waals surface area contributed by atoms with Crippen LogP contribution >= 0.6 is 11.3 Å². The lowest BCUT2D eigenvalue weighted by Gasteiger charge is -2.36. The summed E-state index contributed by atoms with van der Waals surface area (Å²) >= 11 is 1.64. The highest BCUT2D eigenvalue weighted by atomic mass is 32.1. The lowest BCUT2D eigenvalue weighted by molar-refractivity contribution is -0.114. The van der Waals surface area contributed by atoms with E-state index in [0.717, 1.165) is 44.1 Å². The number of carbonyl (C=O) groups excluding carboxylic acids is 1. The summed E-state index contributed by atoms with van der Waals surface area (Å²) in [6.07, 6.45) is 1.11. The first kappa shape index (κ1) is 18.0. The quantitative estimate of drug-likeness (QED) is 0.721. The number of hydrogen-bond donors (Lipinski definition) is 1. The van der Waals surface area contributed by atoms with Crippen LogP contribution in [0.15, 0.2) is 54.6 Å². The van der Waals surface area contributed by atoms with Crippen LogP contribution in [0.3, 0.4) is 0 Å². The van der Waals surface area contributed by atoms with Gasteiger partial charge < -0.3 is 10.2 Å². The van der Waals surface area contributed by atoms with Crippen LogP contribution in [-0.4, -0.2) is 43.5 Å². The van der Waals surface area contributed by atoms with Crippen LogP contribution in [0.2, 0.25) is 0 Å². The molecule has 0 atom stereocenters. The Morgan fingerprint density at radius 1 is 1.04 bits per heavy atom. The molecule has 4 nitrogen and oxygen atoms in total. The molecular weight excluding hydrogens is 354 g/mol. The summed E-state index contributed by atoms with van der Waals surface area (Å²) in [6, 6.07) is 19.3. The third-order valence-electron chi connectivity index (χ3n) is 5.11. The average Bonchev–Trinajstić information content (AvgIpc) is 3.09. The molecule has 5 heteroatoms. The highest BCUT2D eigenvalue weighted by Gasteiger charge is 2.19. The summed E-state index contributed by atoms with van der Waals surface area (Å²) in [4.78, 5) is 16.4. The molecule has 3 aromatic rings. The maximum Gasteiger partial charge on any atom is 0.221 e. The maximum atomic E-state index is 11.4. The number of benzene rings is 2. The normalized spacial score (nSPS) is 15.2. The molecule has 0 spiro atoms. The molecule has 0 radical (unpaired) electrons. The Hall–Kier alpha value is -2.37. The molecule has 1 fully saturated rings. The Morgan fingerprint density at radius 2 is 1.81 bits per heavy atom. The van der Waals surface area contributed by atoms with Gasteiger partial charge in [0.05, 0.1) is 5.00 Å². The molecule has 0 unspecified atom stereocenters. The zero-order valence-electron chi connectivity index (χ0n) is 15.6. The Bertz CT molecular complexity index is 914. The van der Waals surface area contributed by atoms with E-state index in [9.17, 15) is 4.79 Å². The third kappa shape index (κ3) is 4.31. The first-order valence-electron chi connectivity index (χ1n) is 9.50. The number of nitrogens with one attached hydrogen (secondary N) is 1. The number of piperazine rings is 1. The fraction of sp³-hybridized carbons (Fsp3) is 0.318. The van der Waals surface area contributed by atoms with Gasteiger partial charge >= 0.3 is 0 Å². The van der Waals surface area contributed by atoms with E-state index in [-0.39, 0.29) is 5.91 Å². The van der Waals surface area contributed by atoms with Gasteiger partial charge in [-0.2, -0.15) is 0 Å². The third-order valence-corrected chi connectivity index (χ3v) is 6.13. The second-order valence-electron chi connectivity index (χ2n) is 7.05. The fourth-order valence-corrected chi connectivity index (χ4v) is 4.73. The zero-order chi connectivity index (χ0) is 18.6. The second-order valence-corrected chi connectivity index (χ2v) is 8.13. The minimum atomic E-state index is -0.0184. The molecule has 1 N–H and O–H groups in total. The van der Waals surface area contributed by atoms with Gasteiger partial charge in [0.15, 0.2) is 0 Å². The van der Waals surface area contributed by atoms with Crippen molar-refractivity contribution >= 4 is 38.0 Å². The number of fused-ring (bicyclic) bond motifs is 1. The summed E-state index contributed by atoms with van der Waals surface area (Å²) in [6.45, 7) is 6.93. The van der Waals surface area contributed by atoms with Crippen LogP contribution in [0.4, 0.5) is 10.7 Å². The molecule has 0 saturated carbocycles. The van der Waals surface area contributed by atoms with Crippen LogP contribution in [0.25, 0.3) is 10.1 Å². The smallest absolute Gasteiger partial charge is 0.221 e. The molecule has 140 valence electrons. The van der Waals surface area contributed by atoms with Gasteiger partial charge in [0, 0.05) is 55.4 Å². The first-order valence-corrected chi connectivity index (χ1v) is 10.3. The predicted octanol–water partition coefficient (Wildman–Crippen LogP) is 4.22. The second kappa shape index (κ2) is 8.11. The van der Waals surface area contributed by atoms with E-state index in [0.29, 0.717) is 0 Å². The maximum absolute atomic E-state index is 11.4. The summed E-state index contributed by atoms with van der Waals surface area (Å²) in [7, 11) is 0. The summed E-state index contributed by atoms with van der Waals surface area (Å²) < 4.78 is 1.22. The molecule has 2 aromatic carbocycles. The Kier molecular flexibility index (Phi) is 5.41. The summed E-state index contributed by atoms with van der Waals surface area (Å²) in [5.74, 6) is -0.0184. The van der Waals surface area contributed by atoms with E-state index in [1.807, 2.05) is 0 Å². The van der Waals surface area contributed by atoms with Crippen molar-refractivity contribution in [1.29, 1.82) is 0 Å². The van der Waals surface area contributed by atoms with Crippen molar-refractivity contribution in [2.75, 3.05) is 42.9 Å². The van der Waals surface area contributed by atoms with Crippen molar-refractivity contribution in [2.45, 2.75) is 13.3 Å². The lowest BCUT2D eigenvalue weighted by atomic mass is 10.1. The number of carbonyl (C=O) groups is 1. The van der Waals surface area contributed by atoms with E-state index in [2.05, 4.69) is 69.7 Å². The number of anilines is 2. The van der Waals surface area contributed by atoms with Gasteiger partial charge in [0.2, 0.25) is 5.91 Å². The number of amides is 1. The van der Waals surface area contributed by atoms with Crippen molar-refractivity contribution in [3.63, 3.8) is 0 Å². The Labute approximate surface area is 164 Å². The van der Waals surface area contributed by atoms with Crippen molar-refractivity contribution in [1.82, 2.24) is 4.90 Å². The molecular formula is C22H25N3OS. The van der Waals surface area contributed by atoms with Crippen LogP contribution < -0.4 is 10.2 Å². The van der Waals surface area contributed by atoms with Crippen molar-refractivity contribution in [3.05, 3.63) is 60.2 Å². The number of nitrogens with zero attached hydrogens (tertiary/aromatic N) is 2. The average molecular weight is 380 g/mol. The van der Waals surface area contributed by atoms with Gasteiger partial charge in [-0.25, -0.2) is 0 Å². The van der Waals surface area contributed by atoms with Crippen LogP contribution in [0.1, 0.15) is 12.5 Å². The largest absolute Gasteiger partial charge is 0.368 e. The van der Waals surface area contributed by atoms with E-state index in [1.165, 1.54) is 21.3 Å². The molecule has 1 saturated heterocycles. The van der Waals surface area contributed by atoms with Crippen LogP contribution in [0, 0.1) is 0 Å². The van der Waals surface area contributed by atoms with Crippen molar-refractivity contribution in [2.24, 2.45) is 0 Å². The highest BCUT2D eigenvalue weighted by molar-refractivity contribution is 7.23. The van der Waals surface area contributed by atoms with Gasteiger partial charge in [0.1, 0.15) is 0 Å². The van der Waals surface area contributed by atoms with Gasteiger partial charge in [0.25, 0.3) is 0 Å². The molecule has 1 amide bonds. The monoisotopic (exact) mass is 379 g/mol. The SMILES string of the molecule is CC(=O)Nc1cc2c(N3CCN(CCc4ccccc4)CC3)cccc2s1. The topological polar surface area (TPSA) is 35.6 Å². The summed E-state index contributed by atoms with van der Waals surface area (Å²) in [5, 5.41) is 5.08. The Balaban J connectivity index is 1.40. The van der Waals surface area contributed by atoms with Crippen LogP contribution in [-0.2, 0) is 11.2 Å². The zero-order valence-corrected chi connectivity index (χ0v) is 16.5. The molecule has 4 rings (SSSR count). The van der Waals surface area contributed by atoms with Gasteiger partial charge in [-0.3, -0.25) is 9.69 Å². The number of rotatable bonds is 5. The summed E-state index contributed by atoms with van der Waals surface area (Å²) in [5.41, 5.74) is 2.69. The highest BCUT2D eigenvalue weighted by Crippen LogP contribution is 2.36. The predicted molar refractivity (Wildman–Crippen MR) is 115 cm³/mol. The minimum Gasteiger partial charge on any atom is -0.368 e. The van der Waals surface area contributed by atoms with Crippen molar-refractivity contribution in [3.8, 4) is 0 Å². The van der Waals surface area contributed by atoms with Crippen molar-refractivity contribution < 1.29 is 4.79 Å². The lowest BCUT2D eigenvalue weighted by Crippen LogP contribution is -2.47. The molecule has 1 aliphatic rings. The number of thiophene rings is 1. The van der Waals surface area contributed by atoms with Crippen LogP contribution in [0.5, 0.6) is 0 Å². The molecule has 2 heterocycles. The molecule has 1 aliphatic heterocycles. The fourth-order valence-electron chi connectivity index (χ4n) is 3.70. The number of hydrogen-bond acceptors (Lipinski definition) is 4. The van der Waals surface area contributed by atoms with E-state index in [1.54, 1.807) is 18.3 Å². The van der Waals surface area contributed by atoms with Gasteiger partial charge in [-0.1, -0.05) is 36.4 Å². The van der Waals surface area contributed by atoms with Gasteiger partial charge in [-0.05, 0) is 30.2 Å². The molecule has 0 bridgehead atoms. The first-order chi connectivity index (χ1) is 13.2. The molecule has 27 heavy (non-hydrogen) atoms. The van der Waals surface area contributed by atoms with E-state index < -0.39 is 0 Å².